The number of carboxylic acids is 1. The number of aliphatic hydroxyl groups excluding tert-OH is 1. The van der Waals surface area contributed by atoms with E-state index in [1.54, 1.807) is 0 Å². The largest absolute Gasteiger partial charge is 0.478 e. The summed E-state index contributed by atoms with van der Waals surface area (Å²) in [5, 5.41) is 22.5. The van der Waals surface area contributed by atoms with Gasteiger partial charge in [-0.2, -0.15) is 9.78 Å². The lowest BCUT2D eigenvalue weighted by molar-refractivity contribution is 0.0519. The second kappa shape index (κ2) is 7.39. The Bertz CT molecular complexity index is 876. The summed E-state index contributed by atoms with van der Waals surface area (Å²) in [4.78, 5) is 35.4. The molecule has 1 heterocycles. The molecule has 0 aliphatic carbocycles. The van der Waals surface area contributed by atoms with E-state index in [1.807, 2.05) is 0 Å². The molecule has 0 bridgehead atoms. The molecule has 2 aromatic rings. The van der Waals surface area contributed by atoms with Gasteiger partial charge in [0.15, 0.2) is 0 Å². The van der Waals surface area contributed by atoms with E-state index < -0.39 is 23.3 Å². The van der Waals surface area contributed by atoms with Crippen molar-refractivity contribution in [1.82, 2.24) is 14.3 Å². The number of rotatable bonds is 6. The minimum Gasteiger partial charge on any atom is -0.478 e. The van der Waals surface area contributed by atoms with Gasteiger partial charge in [0.25, 0.3) is 5.56 Å². The fourth-order valence-electron chi connectivity index (χ4n) is 2.04. The Balaban J connectivity index is 2.53. The monoisotopic (exact) mass is 355 g/mol. The molecular weight excluding hydrogens is 342 g/mol. The molecule has 10 heteroatoms. The van der Waals surface area contributed by atoms with Crippen molar-refractivity contribution < 1.29 is 19.7 Å². The number of carboxylic acid groups (broad SMARTS) is 1. The van der Waals surface area contributed by atoms with Crippen molar-refractivity contribution in [3.05, 3.63) is 55.8 Å². The smallest absolute Gasteiger partial charge is 0.352 e. The van der Waals surface area contributed by atoms with E-state index in [0.717, 1.165) is 15.4 Å². The van der Waals surface area contributed by atoms with Crippen LogP contribution in [-0.4, -0.2) is 50.4 Å². The molecule has 0 fully saturated rings. The summed E-state index contributed by atoms with van der Waals surface area (Å²) >= 11 is 5.79. The summed E-state index contributed by atoms with van der Waals surface area (Å²) < 4.78 is 6.39. The number of aliphatic hydroxyl groups is 1. The van der Waals surface area contributed by atoms with Crippen molar-refractivity contribution in [2.45, 2.75) is 12.6 Å². The van der Waals surface area contributed by atoms with Crippen LogP contribution in [0.3, 0.4) is 0 Å². The van der Waals surface area contributed by atoms with Gasteiger partial charge in [-0.15, -0.1) is 0 Å². The predicted molar refractivity (Wildman–Crippen MR) is 83.9 cm³/mol. The highest BCUT2D eigenvalue weighted by Crippen LogP contribution is 2.18. The zero-order valence-corrected chi connectivity index (χ0v) is 13.3. The number of methoxy groups -OCH3 is 1. The maximum atomic E-state index is 12.4. The molecule has 0 saturated heterocycles. The number of carbonyl (C=O) groups is 1. The Morgan fingerprint density at radius 2 is 2.12 bits per heavy atom. The topological polar surface area (TPSA) is 124 Å². The molecule has 0 unspecified atom stereocenters. The van der Waals surface area contributed by atoms with Crippen molar-refractivity contribution in [1.29, 1.82) is 0 Å². The van der Waals surface area contributed by atoms with Gasteiger partial charge in [-0.25, -0.2) is 9.59 Å². The third kappa shape index (κ3) is 3.70. The summed E-state index contributed by atoms with van der Waals surface area (Å²) in [7, 11) is 1.37. The van der Waals surface area contributed by atoms with Gasteiger partial charge in [-0.05, 0) is 18.2 Å². The van der Waals surface area contributed by atoms with Crippen molar-refractivity contribution in [3.63, 3.8) is 0 Å². The molecule has 24 heavy (non-hydrogen) atoms. The third-order valence-electron chi connectivity index (χ3n) is 3.14. The molecule has 1 aromatic carbocycles. The standard InChI is InChI=1S/C14H14ClN3O6/c1-24-7-9(19)6-17-12(20)5-16-18(14(17)23)8-2-3-11(15)10(4-8)13(21)22/h2-5,9,19H,6-7H2,1H3,(H,21,22)/t9-/m1/s1. The van der Waals surface area contributed by atoms with Crippen LogP contribution in [0, 0.1) is 0 Å². The zero-order valence-electron chi connectivity index (χ0n) is 12.5. The lowest BCUT2D eigenvalue weighted by atomic mass is 10.2. The maximum absolute atomic E-state index is 12.4. The van der Waals surface area contributed by atoms with Crippen LogP contribution in [-0.2, 0) is 11.3 Å². The Labute approximate surface area is 140 Å². The Morgan fingerprint density at radius 3 is 2.75 bits per heavy atom. The van der Waals surface area contributed by atoms with E-state index in [9.17, 15) is 19.5 Å². The van der Waals surface area contributed by atoms with Gasteiger partial charge in [-0.1, -0.05) is 11.6 Å². The van der Waals surface area contributed by atoms with E-state index in [1.165, 1.54) is 25.3 Å². The van der Waals surface area contributed by atoms with Gasteiger partial charge >= 0.3 is 11.7 Å². The SMILES string of the molecule is COC[C@H](O)Cn1c(=O)cnn(-c2ccc(Cl)c(C(=O)O)c2)c1=O. The maximum Gasteiger partial charge on any atom is 0.352 e. The minimum atomic E-state index is -1.27. The fraction of sp³-hybridized carbons (Fsp3) is 0.286. The minimum absolute atomic E-state index is 0.00290. The first-order valence-corrected chi connectivity index (χ1v) is 7.12. The highest BCUT2D eigenvalue weighted by atomic mass is 35.5. The molecule has 2 rings (SSSR count). The van der Waals surface area contributed by atoms with Gasteiger partial charge in [0.05, 0.1) is 35.5 Å². The second-order valence-electron chi connectivity index (χ2n) is 4.87. The molecule has 2 N–H and O–H groups in total. The average molecular weight is 356 g/mol. The van der Waals surface area contributed by atoms with Crippen molar-refractivity contribution in [3.8, 4) is 5.69 Å². The van der Waals surface area contributed by atoms with Crippen molar-refractivity contribution in [2.24, 2.45) is 0 Å². The van der Waals surface area contributed by atoms with Gasteiger partial charge in [0.2, 0.25) is 0 Å². The van der Waals surface area contributed by atoms with Crippen LogP contribution in [0.2, 0.25) is 5.02 Å². The first-order valence-electron chi connectivity index (χ1n) is 6.74. The molecule has 0 aliphatic rings. The van der Waals surface area contributed by atoms with Crippen LogP contribution in [0.1, 0.15) is 10.4 Å². The van der Waals surface area contributed by atoms with Crippen LogP contribution in [0.5, 0.6) is 0 Å². The molecule has 0 radical (unpaired) electrons. The van der Waals surface area contributed by atoms with Gasteiger partial charge in [0, 0.05) is 7.11 Å². The summed E-state index contributed by atoms with van der Waals surface area (Å²) in [5.74, 6) is -1.27. The number of hydrogen-bond donors (Lipinski definition) is 2. The van der Waals surface area contributed by atoms with Crippen LogP contribution in [0.15, 0.2) is 34.0 Å². The molecule has 1 aromatic heterocycles. The summed E-state index contributed by atoms with van der Waals surface area (Å²) in [6.07, 6.45) is -0.160. The van der Waals surface area contributed by atoms with E-state index in [0.29, 0.717) is 0 Å². The predicted octanol–water partition coefficient (Wildman–Crippen LogP) is -0.247. The molecule has 9 nitrogen and oxygen atoms in total. The Hall–Kier alpha value is -2.49. The van der Waals surface area contributed by atoms with Crippen LogP contribution < -0.4 is 11.2 Å². The number of ether oxygens (including phenoxy) is 1. The normalized spacial score (nSPS) is 12.1. The van der Waals surface area contributed by atoms with E-state index in [4.69, 9.17) is 21.4 Å². The number of aromatic nitrogens is 3. The first kappa shape index (κ1) is 17.9. The second-order valence-corrected chi connectivity index (χ2v) is 5.27. The molecule has 0 spiro atoms. The lowest BCUT2D eigenvalue weighted by Crippen LogP contribution is -2.43. The van der Waals surface area contributed by atoms with Gasteiger partial charge in [-0.3, -0.25) is 9.36 Å². The molecule has 128 valence electrons. The molecular formula is C14H14ClN3O6. The van der Waals surface area contributed by atoms with E-state index in [2.05, 4.69) is 5.10 Å². The number of nitrogens with zero attached hydrogens (tertiary/aromatic N) is 3. The van der Waals surface area contributed by atoms with Crippen LogP contribution in [0.25, 0.3) is 5.69 Å². The summed E-state index contributed by atoms with van der Waals surface area (Å²) in [6.45, 7) is -0.342. The van der Waals surface area contributed by atoms with Gasteiger partial charge in [0.1, 0.15) is 6.20 Å². The highest BCUT2D eigenvalue weighted by Gasteiger charge is 2.15. The lowest BCUT2D eigenvalue weighted by Gasteiger charge is -2.13. The van der Waals surface area contributed by atoms with Gasteiger partial charge < -0.3 is 14.9 Å². The molecule has 0 amide bonds. The highest BCUT2D eigenvalue weighted by molar-refractivity contribution is 6.33. The van der Waals surface area contributed by atoms with E-state index >= 15 is 0 Å². The fourth-order valence-corrected chi connectivity index (χ4v) is 2.24. The molecule has 1 atom stereocenters. The Morgan fingerprint density at radius 1 is 1.42 bits per heavy atom. The van der Waals surface area contributed by atoms with Crippen molar-refractivity contribution >= 4 is 17.6 Å². The van der Waals surface area contributed by atoms with Crippen LogP contribution in [0.4, 0.5) is 0 Å². The molecule has 0 aliphatic heterocycles. The number of benzene rings is 1. The number of aromatic carboxylic acids is 1. The summed E-state index contributed by atoms with van der Waals surface area (Å²) in [5.41, 5.74) is -1.60. The number of halogens is 1. The zero-order chi connectivity index (χ0) is 17.9. The summed E-state index contributed by atoms with van der Waals surface area (Å²) in [6, 6.07) is 3.87. The van der Waals surface area contributed by atoms with E-state index in [-0.39, 0.29) is 29.4 Å². The third-order valence-corrected chi connectivity index (χ3v) is 3.47. The first-order chi connectivity index (χ1) is 11.3. The average Bonchev–Trinajstić information content (AvgIpc) is 2.52. The molecule has 0 saturated carbocycles. The number of hydrogen-bond acceptors (Lipinski definition) is 6. The van der Waals surface area contributed by atoms with Crippen molar-refractivity contribution in [2.75, 3.05) is 13.7 Å². The van der Waals surface area contributed by atoms with Crippen LogP contribution >= 0.6 is 11.6 Å². The Kier molecular flexibility index (Phi) is 5.50. The quantitative estimate of drug-likeness (QED) is 0.732.